The fraction of sp³-hybridized carbons (Fsp3) is 0.381. The summed E-state index contributed by atoms with van der Waals surface area (Å²) in [6.45, 7) is 1.86. The minimum atomic E-state index is -3.23. The highest BCUT2D eigenvalue weighted by molar-refractivity contribution is 7.91. The number of carbonyl (C=O) groups excluding carboxylic acids is 1. The van der Waals surface area contributed by atoms with Crippen molar-refractivity contribution in [2.45, 2.75) is 38.5 Å². The predicted molar refractivity (Wildman–Crippen MR) is 115 cm³/mol. The molecule has 1 heterocycles. The van der Waals surface area contributed by atoms with Crippen molar-refractivity contribution in [1.82, 2.24) is 4.90 Å². The number of hydrogen-bond acceptors (Lipinski definition) is 4. The lowest BCUT2D eigenvalue weighted by Gasteiger charge is -2.32. The fourth-order valence-electron chi connectivity index (χ4n) is 3.43. The maximum Gasteiger partial charge on any atom is 0.264 e. The second-order valence-electron chi connectivity index (χ2n) is 7.20. The van der Waals surface area contributed by atoms with Crippen LogP contribution in [0, 0.1) is 5.82 Å². The molecule has 2 aromatic rings. The zero-order valence-corrected chi connectivity index (χ0v) is 18.7. The number of sulfone groups is 1. The van der Waals surface area contributed by atoms with Gasteiger partial charge >= 0.3 is 0 Å². The van der Waals surface area contributed by atoms with Gasteiger partial charge in [-0.15, -0.1) is 0 Å². The van der Waals surface area contributed by atoms with E-state index in [2.05, 4.69) is 0 Å². The molecular formula is C21H22Cl2FNO4S. The van der Waals surface area contributed by atoms with E-state index >= 15 is 0 Å². The largest absolute Gasteiger partial charge is 0.478 e. The number of nitrogens with zero attached hydrogens (tertiary/aromatic N) is 1. The highest BCUT2D eigenvalue weighted by atomic mass is 35.5. The fourth-order valence-corrected chi connectivity index (χ4v) is 5.63. The molecule has 1 saturated heterocycles. The third-order valence-electron chi connectivity index (χ3n) is 5.04. The molecule has 1 fully saturated rings. The number of carbonyl (C=O) groups is 1. The molecule has 0 bridgehead atoms. The molecule has 0 aromatic heterocycles. The highest BCUT2D eigenvalue weighted by Crippen LogP contribution is 2.27. The average molecular weight is 474 g/mol. The maximum absolute atomic E-state index is 14.0. The van der Waals surface area contributed by atoms with E-state index in [-0.39, 0.29) is 30.2 Å². The summed E-state index contributed by atoms with van der Waals surface area (Å²) in [6, 6.07) is 10.3. The first kappa shape index (κ1) is 22.8. The molecule has 2 atom stereocenters. The Kier molecular flexibility index (Phi) is 7.26. The minimum absolute atomic E-state index is 0.0146. The Balaban J connectivity index is 1.89. The molecule has 1 aliphatic rings. The van der Waals surface area contributed by atoms with E-state index in [4.69, 9.17) is 27.9 Å². The third-order valence-corrected chi connectivity index (χ3v) is 7.38. The van der Waals surface area contributed by atoms with Crippen LogP contribution in [0.15, 0.2) is 42.5 Å². The Bertz CT molecular complexity index is 1030. The van der Waals surface area contributed by atoms with Crippen LogP contribution in [0.1, 0.15) is 25.3 Å². The van der Waals surface area contributed by atoms with Crippen LogP contribution in [-0.2, 0) is 21.2 Å². The first-order chi connectivity index (χ1) is 14.2. The quantitative estimate of drug-likeness (QED) is 0.593. The van der Waals surface area contributed by atoms with Crippen LogP contribution < -0.4 is 4.74 Å². The first-order valence-electron chi connectivity index (χ1n) is 9.56. The van der Waals surface area contributed by atoms with Crippen molar-refractivity contribution in [3.63, 3.8) is 0 Å². The maximum atomic E-state index is 14.0. The monoisotopic (exact) mass is 473 g/mol. The zero-order chi connectivity index (χ0) is 21.9. The van der Waals surface area contributed by atoms with Gasteiger partial charge in [0.1, 0.15) is 0 Å². The van der Waals surface area contributed by atoms with E-state index in [1.807, 2.05) is 0 Å². The number of benzene rings is 2. The Morgan fingerprint density at radius 2 is 2.00 bits per heavy atom. The predicted octanol–water partition coefficient (Wildman–Crippen LogP) is 4.51. The van der Waals surface area contributed by atoms with Gasteiger partial charge in [0.25, 0.3) is 5.91 Å². The smallest absolute Gasteiger partial charge is 0.264 e. The van der Waals surface area contributed by atoms with E-state index in [1.54, 1.807) is 31.2 Å². The van der Waals surface area contributed by atoms with E-state index in [0.29, 0.717) is 22.0 Å². The van der Waals surface area contributed by atoms with Crippen LogP contribution in [0.4, 0.5) is 4.39 Å². The summed E-state index contributed by atoms with van der Waals surface area (Å²) in [6.07, 6.45) is -0.344. The molecule has 3 rings (SSSR count). The molecule has 0 saturated carbocycles. The van der Waals surface area contributed by atoms with Gasteiger partial charge in [-0.3, -0.25) is 4.79 Å². The van der Waals surface area contributed by atoms with Gasteiger partial charge in [0.15, 0.2) is 27.5 Å². The van der Waals surface area contributed by atoms with Gasteiger partial charge < -0.3 is 9.64 Å². The second-order valence-corrected chi connectivity index (χ2v) is 10.3. The molecule has 0 radical (unpaired) electrons. The van der Waals surface area contributed by atoms with Gasteiger partial charge in [-0.1, -0.05) is 48.3 Å². The molecule has 162 valence electrons. The Hall–Kier alpha value is -1.83. The third kappa shape index (κ3) is 5.45. The standard InChI is InChI=1S/C21H22Cl2FNO4S/c1-2-19(29-20-6-4-3-5-18(20)24)21(26)25(16-9-10-30(27,28)13-16)12-14-7-8-15(22)11-17(14)23/h3-8,11,16,19H,2,9-10,12-13H2,1H3. The molecule has 2 unspecified atom stereocenters. The number of ether oxygens (including phenoxy) is 1. The van der Waals surface area contributed by atoms with Crippen LogP contribution in [0.2, 0.25) is 10.0 Å². The molecule has 9 heteroatoms. The van der Waals surface area contributed by atoms with Gasteiger partial charge in [-0.2, -0.15) is 0 Å². The summed E-state index contributed by atoms with van der Waals surface area (Å²) in [5.74, 6) is -1.12. The lowest BCUT2D eigenvalue weighted by Crippen LogP contribution is -2.47. The van der Waals surface area contributed by atoms with Crippen molar-refractivity contribution in [2.75, 3.05) is 11.5 Å². The second kappa shape index (κ2) is 9.54. The van der Waals surface area contributed by atoms with Gasteiger partial charge in [-0.25, -0.2) is 12.8 Å². The van der Waals surface area contributed by atoms with Gasteiger partial charge in [-0.05, 0) is 42.7 Å². The number of hydrogen-bond donors (Lipinski definition) is 0. The average Bonchev–Trinajstić information content (AvgIpc) is 3.05. The first-order valence-corrected chi connectivity index (χ1v) is 12.1. The van der Waals surface area contributed by atoms with E-state index in [1.165, 1.54) is 23.1 Å². The Labute approximate surface area is 185 Å². The number of para-hydroxylation sites is 1. The summed E-state index contributed by atoms with van der Waals surface area (Å²) in [5, 5.41) is 0.837. The molecule has 1 aliphatic heterocycles. The van der Waals surface area contributed by atoms with E-state index in [9.17, 15) is 17.6 Å². The molecular weight excluding hydrogens is 452 g/mol. The van der Waals surface area contributed by atoms with Crippen LogP contribution in [0.25, 0.3) is 0 Å². The summed E-state index contributed by atoms with van der Waals surface area (Å²) in [7, 11) is -3.23. The van der Waals surface area contributed by atoms with Crippen LogP contribution >= 0.6 is 23.2 Å². The summed E-state index contributed by atoms with van der Waals surface area (Å²) >= 11 is 12.2. The molecule has 0 N–H and O–H groups in total. The highest BCUT2D eigenvalue weighted by Gasteiger charge is 2.37. The van der Waals surface area contributed by atoms with Crippen molar-refractivity contribution in [3.8, 4) is 5.75 Å². The van der Waals surface area contributed by atoms with Gasteiger partial charge in [0.2, 0.25) is 0 Å². The molecule has 1 amide bonds. The van der Waals surface area contributed by atoms with Crippen molar-refractivity contribution >= 4 is 38.9 Å². The number of amides is 1. The Morgan fingerprint density at radius 3 is 2.60 bits per heavy atom. The topological polar surface area (TPSA) is 63.7 Å². The molecule has 2 aromatic carbocycles. The molecule has 0 aliphatic carbocycles. The summed E-state index contributed by atoms with van der Waals surface area (Å²) in [5.41, 5.74) is 0.638. The van der Waals surface area contributed by atoms with Crippen LogP contribution in [0.5, 0.6) is 5.75 Å². The van der Waals surface area contributed by atoms with Crippen LogP contribution in [-0.4, -0.2) is 42.9 Å². The van der Waals surface area contributed by atoms with E-state index in [0.717, 1.165) is 0 Å². The lowest BCUT2D eigenvalue weighted by molar-refractivity contribution is -0.141. The summed E-state index contributed by atoms with van der Waals surface area (Å²) in [4.78, 5) is 14.9. The molecule has 30 heavy (non-hydrogen) atoms. The normalized spacial score (nSPS) is 18.7. The van der Waals surface area contributed by atoms with Gasteiger partial charge in [0.05, 0.1) is 11.5 Å². The van der Waals surface area contributed by atoms with E-state index < -0.39 is 33.7 Å². The minimum Gasteiger partial charge on any atom is -0.478 e. The lowest BCUT2D eigenvalue weighted by atomic mass is 10.1. The van der Waals surface area contributed by atoms with Crippen molar-refractivity contribution < 1.29 is 22.3 Å². The number of halogens is 3. The van der Waals surface area contributed by atoms with Gasteiger partial charge in [0, 0.05) is 22.6 Å². The molecule has 0 spiro atoms. The van der Waals surface area contributed by atoms with Crippen molar-refractivity contribution in [3.05, 3.63) is 63.9 Å². The van der Waals surface area contributed by atoms with Crippen molar-refractivity contribution in [2.24, 2.45) is 0 Å². The number of rotatable bonds is 7. The Morgan fingerprint density at radius 1 is 1.27 bits per heavy atom. The van der Waals surface area contributed by atoms with Crippen LogP contribution in [0.3, 0.4) is 0 Å². The zero-order valence-electron chi connectivity index (χ0n) is 16.4. The SMILES string of the molecule is CCC(Oc1ccccc1F)C(=O)N(Cc1ccc(Cl)cc1Cl)C1CCS(=O)(=O)C1. The molecule has 5 nitrogen and oxygen atoms in total. The van der Waals surface area contributed by atoms with Crippen molar-refractivity contribution in [1.29, 1.82) is 0 Å². The summed E-state index contributed by atoms with van der Waals surface area (Å²) < 4.78 is 43.8.